The van der Waals surface area contributed by atoms with Gasteiger partial charge < -0.3 is 4.90 Å². The third-order valence-electron chi connectivity index (χ3n) is 5.07. The van der Waals surface area contributed by atoms with Gasteiger partial charge in [-0.15, -0.1) is 0 Å². The van der Waals surface area contributed by atoms with E-state index in [1.165, 1.54) is 0 Å². The summed E-state index contributed by atoms with van der Waals surface area (Å²) < 4.78 is 1.56. The van der Waals surface area contributed by atoms with Crippen molar-refractivity contribution < 1.29 is 4.79 Å². The number of rotatable bonds is 3. The molecule has 2 heterocycles. The Kier molecular flexibility index (Phi) is 4.88. The van der Waals surface area contributed by atoms with Crippen LogP contribution in [-0.4, -0.2) is 28.5 Å². The fourth-order valence-electron chi connectivity index (χ4n) is 3.65. The number of hydrogen-bond acceptors (Lipinski definition) is 2. The number of piperidine rings is 1. The second-order valence-corrected chi connectivity index (χ2v) is 6.83. The molecule has 4 heteroatoms. The summed E-state index contributed by atoms with van der Waals surface area (Å²) in [6.07, 6.45) is 4.88. The molecule has 0 spiro atoms. The van der Waals surface area contributed by atoms with Gasteiger partial charge in [-0.2, -0.15) is 0 Å². The van der Waals surface area contributed by atoms with Crippen LogP contribution in [0.3, 0.4) is 0 Å². The quantitative estimate of drug-likeness (QED) is 0.706. The molecule has 4 nitrogen and oxygen atoms in total. The molecule has 0 unspecified atom stereocenters. The SMILES string of the molecule is O=C(c1c(-c2ccccc2)ccn(-c2ccccc2)c1=O)N1CCCCC1. The van der Waals surface area contributed by atoms with Crippen molar-refractivity contribution in [2.24, 2.45) is 0 Å². The highest BCUT2D eigenvalue weighted by molar-refractivity contribution is 6.00. The maximum atomic E-state index is 13.4. The molecule has 0 atom stereocenters. The molecular weight excluding hydrogens is 336 g/mol. The van der Waals surface area contributed by atoms with Crippen LogP contribution in [-0.2, 0) is 0 Å². The molecule has 0 bridgehead atoms. The highest BCUT2D eigenvalue weighted by atomic mass is 16.2. The van der Waals surface area contributed by atoms with E-state index in [1.807, 2.05) is 71.6 Å². The summed E-state index contributed by atoms with van der Waals surface area (Å²) in [5.74, 6) is -0.163. The number of benzene rings is 2. The number of likely N-dealkylation sites (tertiary alicyclic amines) is 1. The van der Waals surface area contributed by atoms with Crippen molar-refractivity contribution in [2.45, 2.75) is 19.3 Å². The van der Waals surface area contributed by atoms with Gasteiger partial charge >= 0.3 is 0 Å². The van der Waals surface area contributed by atoms with E-state index in [2.05, 4.69) is 0 Å². The predicted octanol–water partition coefficient (Wildman–Crippen LogP) is 4.13. The summed E-state index contributed by atoms with van der Waals surface area (Å²) in [5, 5.41) is 0. The molecule has 27 heavy (non-hydrogen) atoms. The molecule has 1 fully saturated rings. The monoisotopic (exact) mass is 358 g/mol. The molecule has 0 saturated carbocycles. The van der Waals surface area contributed by atoms with Crippen LogP contribution in [0, 0.1) is 0 Å². The Hall–Kier alpha value is -3.14. The van der Waals surface area contributed by atoms with Gasteiger partial charge in [-0.25, -0.2) is 0 Å². The van der Waals surface area contributed by atoms with E-state index < -0.39 is 0 Å². The zero-order valence-electron chi connectivity index (χ0n) is 15.2. The lowest BCUT2D eigenvalue weighted by Gasteiger charge is -2.27. The van der Waals surface area contributed by atoms with Gasteiger partial charge in [-0.3, -0.25) is 14.2 Å². The third-order valence-corrected chi connectivity index (χ3v) is 5.07. The molecule has 1 aliphatic rings. The predicted molar refractivity (Wildman–Crippen MR) is 107 cm³/mol. The van der Waals surface area contributed by atoms with Crippen LogP contribution in [0.2, 0.25) is 0 Å². The third kappa shape index (κ3) is 3.43. The van der Waals surface area contributed by atoms with Gasteiger partial charge in [0.25, 0.3) is 11.5 Å². The number of carbonyl (C=O) groups is 1. The lowest BCUT2D eigenvalue weighted by Crippen LogP contribution is -2.39. The van der Waals surface area contributed by atoms with Crippen molar-refractivity contribution >= 4 is 5.91 Å². The first kappa shape index (κ1) is 17.3. The Morgan fingerprint density at radius 2 is 1.41 bits per heavy atom. The number of para-hydroxylation sites is 1. The summed E-state index contributed by atoms with van der Waals surface area (Å²) in [6, 6.07) is 21.0. The normalized spacial score (nSPS) is 14.1. The van der Waals surface area contributed by atoms with Crippen molar-refractivity contribution in [1.82, 2.24) is 9.47 Å². The molecule has 1 aliphatic heterocycles. The van der Waals surface area contributed by atoms with Crippen molar-refractivity contribution in [3.63, 3.8) is 0 Å². The lowest BCUT2D eigenvalue weighted by atomic mass is 9.99. The minimum atomic E-state index is -0.266. The maximum absolute atomic E-state index is 13.4. The molecule has 1 saturated heterocycles. The maximum Gasteiger partial charge on any atom is 0.268 e. The molecule has 3 aromatic rings. The first-order valence-electron chi connectivity index (χ1n) is 9.41. The van der Waals surface area contributed by atoms with Crippen LogP contribution in [0.15, 0.2) is 77.7 Å². The number of amides is 1. The smallest absolute Gasteiger partial charge is 0.268 e. The van der Waals surface area contributed by atoms with Crippen molar-refractivity contribution in [1.29, 1.82) is 0 Å². The molecule has 2 aromatic carbocycles. The zero-order valence-corrected chi connectivity index (χ0v) is 15.2. The van der Waals surface area contributed by atoms with Crippen molar-refractivity contribution in [3.8, 4) is 16.8 Å². The summed E-state index contributed by atoms with van der Waals surface area (Å²) in [6.45, 7) is 1.43. The minimum absolute atomic E-state index is 0.163. The van der Waals surface area contributed by atoms with Crippen LogP contribution in [0.5, 0.6) is 0 Å². The average Bonchev–Trinajstić information content (AvgIpc) is 2.75. The Morgan fingerprint density at radius 1 is 0.778 bits per heavy atom. The standard InChI is InChI=1S/C23H22N2O2/c26-22(24-15-8-3-9-16-24)21-20(18-10-4-1-5-11-18)14-17-25(23(21)27)19-12-6-2-7-13-19/h1-2,4-7,10-14,17H,3,8-9,15-16H2. The highest BCUT2D eigenvalue weighted by Gasteiger charge is 2.25. The average molecular weight is 358 g/mol. The van der Waals surface area contributed by atoms with Gasteiger partial charge in [0.2, 0.25) is 0 Å². The fraction of sp³-hybridized carbons (Fsp3) is 0.217. The summed E-state index contributed by atoms with van der Waals surface area (Å²) in [4.78, 5) is 28.5. The molecule has 0 radical (unpaired) electrons. The van der Waals surface area contributed by atoms with Crippen LogP contribution < -0.4 is 5.56 Å². The molecule has 0 aliphatic carbocycles. The van der Waals surface area contributed by atoms with Gasteiger partial charge in [-0.05, 0) is 43.0 Å². The van der Waals surface area contributed by atoms with Crippen LogP contribution in [0.25, 0.3) is 16.8 Å². The number of nitrogens with zero attached hydrogens (tertiary/aromatic N) is 2. The number of aromatic nitrogens is 1. The fourth-order valence-corrected chi connectivity index (χ4v) is 3.65. The van der Waals surface area contributed by atoms with Gasteiger partial charge in [0.05, 0.1) is 0 Å². The molecular formula is C23H22N2O2. The highest BCUT2D eigenvalue weighted by Crippen LogP contribution is 2.24. The van der Waals surface area contributed by atoms with Gasteiger partial charge in [0.15, 0.2) is 0 Å². The minimum Gasteiger partial charge on any atom is -0.338 e. The Labute approximate surface area is 158 Å². The van der Waals surface area contributed by atoms with Crippen LogP contribution in [0.4, 0.5) is 0 Å². The van der Waals surface area contributed by atoms with Crippen LogP contribution >= 0.6 is 0 Å². The Morgan fingerprint density at radius 3 is 2.07 bits per heavy atom. The van der Waals surface area contributed by atoms with E-state index in [9.17, 15) is 9.59 Å². The Bertz CT molecular complexity index is 988. The molecule has 1 amide bonds. The summed E-state index contributed by atoms with van der Waals surface area (Å²) >= 11 is 0. The number of pyridine rings is 1. The molecule has 0 N–H and O–H groups in total. The van der Waals surface area contributed by atoms with E-state index in [0.29, 0.717) is 18.7 Å². The molecule has 1 aromatic heterocycles. The van der Waals surface area contributed by atoms with E-state index in [-0.39, 0.29) is 17.0 Å². The van der Waals surface area contributed by atoms with Crippen molar-refractivity contribution in [3.05, 3.63) is 88.8 Å². The largest absolute Gasteiger partial charge is 0.338 e. The van der Waals surface area contributed by atoms with E-state index in [1.54, 1.807) is 10.8 Å². The Balaban J connectivity index is 1.89. The first-order valence-corrected chi connectivity index (χ1v) is 9.41. The zero-order chi connectivity index (χ0) is 18.6. The second kappa shape index (κ2) is 7.62. The molecule has 4 rings (SSSR count). The number of carbonyl (C=O) groups excluding carboxylic acids is 1. The van der Waals surface area contributed by atoms with Gasteiger partial charge in [0, 0.05) is 30.5 Å². The second-order valence-electron chi connectivity index (χ2n) is 6.83. The first-order chi connectivity index (χ1) is 13.3. The van der Waals surface area contributed by atoms with Crippen molar-refractivity contribution in [2.75, 3.05) is 13.1 Å². The summed E-state index contributed by atoms with van der Waals surface area (Å²) in [7, 11) is 0. The number of hydrogen-bond donors (Lipinski definition) is 0. The topological polar surface area (TPSA) is 42.3 Å². The van der Waals surface area contributed by atoms with Gasteiger partial charge in [-0.1, -0.05) is 48.5 Å². The van der Waals surface area contributed by atoms with Crippen LogP contribution in [0.1, 0.15) is 29.6 Å². The summed E-state index contributed by atoms with van der Waals surface area (Å²) in [5.41, 5.74) is 2.33. The van der Waals surface area contributed by atoms with E-state index >= 15 is 0 Å². The van der Waals surface area contributed by atoms with Gasteiger partial charge in [0.1, 0.15) is 5.56 Å². The molecule has 136 valence electrons. The van der Waals surface area contributed by atoms with E-state index in [4.69, 9.17) is 0 Å². The lowest BCUT2D eigenvalue weighted by molar-refractivity contribution is 0.0723. The van der Waals surface area contributed by atoms with E-state index in [0.717, 1.165) is 30.5 Å².